The van der Waals surface area contributed by atoms with Gasteiger partial charge < -0.3 is 4.42 Å². The van der Waals surface area contributed by atoms with Crippen molar-refractivity contribution in [2.75, 3.05) is 5.75 Å². The largest absolute Gasteiger partial charge is 0.449 e. The van der Waals surface area contributed by atoms with Crippen LogP contribution in [-0.2, 0) is 23.0 Å². The molecule has 6 heteroatoms. The van der Waals surface area contributed by atoms with E-state index in [1.807, 2.05) is 30.3 Å². The fourth-order valence-corrected chi connectivity index (χ4v) is 2.66. The number of aromatic nitrogens is 1. The van der Waals surface area contributed by atoms with E-state index >= 15 is 0 Å². The number of benzene rings is 1. The van der Waals surface area contributed by atoms with Crippen LogP contribution in [0, 0.1) is 6.92 Å². The second-order valence-corrected chi connectivity index (χ2v) is 6.16. The highest BCUT2D eigenvalue weighted by molar-refractivity contribution is 7.89. The fraction of sp³-hybridized carbons (Fsp3) is 0.308. The Hall–Kier alpha value is -1.66. The highest BCUT2D eigenvalue weighted by atomic mass is 32.2. The molecule has 1 aromatic heterocycles. The summed E-state index contributed by atoms with van der Waals surface area (Å²) in [6.45, 7) is 1.88. The highest BCUT2D eigenvalue weighted by Crippen LogP contribution is 2.03. The van der Waals surface area contributed by atoms with Crippen molar-refractivity contribution in [2.24, 2.45) is 0 Å². The molecule has 1 aromatic carbocycles. The summed E-state index contributed by atoms with van der Waals surface area (Å²) in [6.07, 6.45) is 1.95. The van der Waals surface area contributed by atoms with Crippen molar-refractivity contribution in [3.63, 3.8) is 0 Å². The first-order chi connectivity index (χ1) is 9.05. The monoisotopic (exact) mass is 280 g/mol. The Bertz CT molecular complexity index is 620. The molecule has 0 saturated carbocycles. The summed E-state index contributed by atoms with van der Waals surface area (Å²) in [5, 5.41) is 0. The van der Waals surface area contributed by atoms with Crippen LogP contribution in [0.2, 0.25) is 0 Å². The van der Waals surface area contributed by atoms with Crippen molar-refractivity contribution in [1.82, 2.24) is 9.71 Å². The van der Waals surface area contributed by atoms with E-state index in [1.165, 1.54) is 6.26 Å². The molecule has 0 radical (unpaired) electrons. The van der Waals surface area contributed by atoms with E-state index in [4.69, 9.17) is 4.42 Å². The average molecular weight is 280 g/mol. The first-order valence-corrected chi connectivity index (χ1v) is 7.63. The van der Waals surface area contributed by atoms with Crippen molar-refractivity contribution in [3.8, 4) is 0 Å². The second kappa shape index (κ2) is 5.99. The molecule has 102 valence electrons. The average Bonchev–Trinajstić information content (AvgIpc) is 2.82. The minimum atomic E-state index is -3.30. The van der Waals surface area contributed by atoms with Gasteiger partial charge in [0, 0.05) is 6.92 Å². The molecule has 0 aliphatic carbocycles. The maximum atomic E-state index is 11.8. The molecule has 5 nitrogen and oxygen atoms in total. The quantitative estimate of drug-likeness (QED) is 0.873. The van der Waals surface area contributed by atoms with Crippen LogP contribution in [0.4, 0.5) is 0 Å². The van der Waals surface area contributed by atoms with Gasteiger partial charge in [0.2, 0.25) is 10.0 Å². The van der Waals surface area contributed by atoms with Crippen molar-refractivity contribution in [1.29, 1.82) is 0 Å². The number of oxazole rings is 1. The van der Waals surface area contributed by atoms with E-state index in [1.54, 1.807) is 6.92 Å². The number of hydrogen-bond donors (Lipinski definition) is 1. The lowest BCUT2D eigenvalue weighted by atomic mass is 10.2. The van der Waals surface area contributed by atoms with Crippen molar-refractivity contribution >= 4 is 10.0 Å². The lowest BCUT2D eigenvalue weighted by Crippen LogP contribution is -2.27. The number of nitrogens with one attached hydrogen (secondary N) is 1. The van der Waals surface area contributed by atoms with Crippen molar-refractivity contribution in [3.05, 3.63) is 53.7 Å². The normalized spacial score (nSPS) is 11.6. The van der Waals surface area contributed by atoms with Crippen LogP contribution in [0.1, 0.15) is 17.1 Å². The Balaban J connectivity index is 1.85. The Kier molecular flexibility index (Phi) is 4.34. The van der Waals surface area contributed by atoms with Gasteiger partial charge >= 0.3 is 0 Å². The Labute approximate surface area is 112 Å². The van der Waals surface area contributed by atoms with E-state index in [9.17, 15) is 8.42 Å². The van der Waals surface area contributed by atoms with Crippen LogP contribution in [0.5, 0.6) is 0 Å². The third-order valence-corrected chi connectivity index (χ3v) is 3.97. The summed E-state index contributed by atoms with van der Waals surface area (Å²) >= 11 is 0. The lowest BCUT2D eigenvalue weighted by Gasteiger charge is -2.05. The smallest absolute Gasteiger partial charge is 0.212 e. The molecule has 1 N–H and O–H groups in total. The summed E-state index contributed by atoms with van der Waals surface area (Å²) in [6, 6.07) is 9.53. The standard InChI is InChI=1S/C13H16N2O3S/c1-11-15-13(10-18-11)9-14-19(16,17)8-7-12-5-3-2-4-6-12/h2-6,10,14H,7-9H2,1H3. The highest BCUT2D eigenvalue weighted by Gasteiger charge is 2.11. The Morgan fingerprint density at radius 1 is 1.26 bits per heavy atom. The van der Waals surface area contributed by atoms with E-state index in [0.29, 0.717) is 18.0 Å². The van der Waals surface area contributed by atoms with Crippen LogP contribution in [0.3, 0.4) is 0 Å². The zero-order valence-corrected chi connectivity index (χ0v) is 11.5. The van der Waals surface area contributed by atoms with Crippen LogP contribution in [-0.4, -0.2) is 19.2 Å². The molecule has 1 heterocycles. The number of rotatable bonds is 6. The number of sulfonamides is 1. The fourth-order valence-electron chi connectivity index (χ4n) is 1.64. The third-order valence-electron chi connectivity index (χ3n) is 2.64. The first kappa shape index (κ1) is 13.8. The molecule has 0 saturated heterocycles. The molecule has 19 heavy (non-hydrogen) atoms. The predicted octanol–water partition coefficient (Wildman–Crippen LogP) is 1.65. The Morgan fingerprint density at radius 3 is 2.63 bits per heavy atom. The van der Waals surface area contributed by atoms with Gasteiger partial charge in [-0.3, -0.25) is 0 Å². The maximum Gasteiger partial charge on any atom is 0.212 e. The molecule has 0 fully saturated rings. The minimum Gasteiger partial charge on any atom is -0.449 e. The van der Waals surface area contributed by atoms with Crippen molar-refractivity contribution < 1.29 is 12.8 Å². The van der Waals surface area contributed by atoms with Crippen molar-refractivity contribution in [2.45, 2.75) is 19.9 Å². The molecule has 0 aliphatic heterocycles. The molecule has 0 bridgehead atoms. The van der Waals surface area contributed by atoms with Gasteiger partial charge in [0.25, 0.3) is 0 Å². The maximum absolute atomic E-state index is 11.8. The van der Waals surface area contributed by atoms with Gasteiger partial charge in [-0.05, 0) is 12.0 Å². The van der Waals surface area contributed by atoms with Gasteiger partial charge in [0.1, 0.15) is 6.26 Å². The Morgan fingerprint density at radius 2 is 2.00 bits per heavy atom. The van der Waals surface area contributed by atoms with E-state index < -0.39 is 10.0 Å². The molecule has 0 unspecified atom stereocenters. The summed E-state index contributed by atoms with van der Waals surface area (Å²) in [5.41, 5.74) is 1.59. The lowest BCUT2D eigenvalue weighted by molar-refractivity contribution is 0.520. The van der Waals surface area contributed by atoms with Crippen LogP contribution >= 0.6 is 0 Å². The van der Waals surface area contributed by atoms with Crippen LogP contribution < -0.4 is 4.72 Å². The molecular formula is C13H16N2O3S. The summed E-state index contributed by atoms with van der Waals surface area (Å²) in [7, 11) is -3.30. The van der Waals surface area contributed by atoms with Gasteiger partial charge in [-0.1, -0.05) is 30.3 Å². The number of aryl methyl sites for hydroxylation is 2. The van der Waals surface area contributed by atoms with Crippen LogP contribution in [0.25, 0.3) is 0 Å². The second-order valence-electron chi connectivity index (χ2n) is 4.23. The number of hydrogen-bond acceptors (Lipinski definition) is 4. The molecule has 2 rings (SSSR count). The van der Waals surface area contributed by atoms with Gasteiger partial charge in [-0.25, -0.2) is 18.1 Å². The number of nitrogens with zero attached hydrogens (tertiary/aromatic N) is 1. The minimum absolute atomic E-state index is 0.0633. The van der Waals surface area contributed by atoms with Gasteiger partial charge in [-0.2, -0.15) is 0 Å². The molecule has 0 aliphatic rings. The SMILES string of the molecule is Cc1nc(CNS(=O)(=O)CCc2ccccc2)co1. The van der Waals surface area contributed by atoms with Gasteiger partial charge in [0.15, 0.2) is 5.89 Å². The van der Waals surface area contributed by atoms with Gasteiger partial charge in [0.05, 0.1) is 18.0 Å². The van der Waals surface area contributed by atoms with Gasteiger partial charge in [-0.15, -0.1) is 0 Å². The summed E-state index contributed by atoms with van der Waals surface area (Å²) in [4.78, 5) is 4.04. The van der Waals surface area contributed by atoms with E-state index in [0.717, 1.165) is 5.56 Å². The van der Waals surface area contributed by atoms with E-state index in [-0.39, 0.29) is 12.3 Å². The predicted molar refractivity (Wildman–Crippen MR) is 72.0 cm³/mol. The summed E-state index contributed by atoms with van der Waals surface area (Å²) in [5.74, 6) is 0.590. The van der Waals surface area contributed by atoms with Crippen LogP contribution in [0.15, 0.2) is 41.0 Å². The summed E-state index contributed by atoms with van der Waals surface area (Å²) < 4.78 is 31.2. The molecule has 0 atom stereocenters. The zero-order chi connectivity index (χ0) is 13.7. The molecular weight excluding hydrogens is 264 g/mol. The third kappa shape index (κ3) is 4.50. The molecule has 2 aromatic rings. The zero-order valence-electron chi connectivity index (χ0n) is 10.7. The topological polar surface area (TPSA) is 72.2 Å². The molecule has 0 amide bonds. The molecule has 0 spiro atoms. The van der Waals surface area contributed by atoms with E-state index in [2.05, 4.69) is 9.71 Å². The first-order valence-electron chi connectivity index (χ1n) is 5.97.